The third kappa shape index (κ3) is 4.38. The van der Waals surface area contributed by atoms with Crippen LogP contribution in [0.2, 0.25) is 0 Å². The van der Waals surface area contributed by atoms with Crippen molar-refractivity contribution in [3.05, 3.63) is 24.3 Å². The minimum Gasteiger partial charge on any atom is -0.329 e. The molecule has 1 aromatic rings. The summed E-state index contributed by atoms with van der Waals surface area (Å²) in [4.78, 5) is 16.8. The van der Waals surface area contributed by atoms with Crippen LogP contribution in [-0.2, 0) is 14.8 Å². The summed E-state index contributed by atoms with van der Waals surface area (Å²) >= 11 is 0. The molecule has 1 amide bonds. The van der Waals surface area contributed by atoms with Gasteiger partial charge < -0.3 is 11.1 Å². The molecule has 0 saturated heterocycles. The smallest absolute Gasteiger partial charge is 0.262 e. The molecule has 8 heteroatoms. The standard InChI is InChI=1S/C17H26N4O3S/c1-3-17(4-2,12-18)16(22)20-13-7-5-8-14(11-13)25(23,24)21-15-9-6-10-19-15/h5,7-8,11H,3-4,6,9-10,12,18H2,1-2H3,(H,19,21)(H,20,22). The number of nitrogens with one attached hydrogen (secondary N) is 2. The first-order chi connectivity index (χ1) is 11.9. The van der Waals surface area contributed by atoms with Crippen molar-refractivity contribution in [1.82, 2.24) is 4.72 Å². The van der Waals surface area contributed by atoms with Gasteiger partial charge in [-0.3, -0.25) is 14.5 Å². The number of carbonyl (C=O) groups excluding carboxylic acids is 1. The van der Waals surface area contributed by atoms with Gasteiger partial charge in [0, 0.05) is 25.2 Å². The van der Waals surface area contributed by atoms with Gasteiger partial charge in [0.15, 0.2) is 0 Å². The van der Waals surface area contributed by atoms with Crippen LogP contribution in [-0.4, -0.2) is 33.3 Å². The molecule has 138 valence electrons. The van der Waals surface area contributed by atoms with Crippen LogP contribution < -0.4 is 15.8 Å². The lowest BCUT2D eigenvalue weighted by Gasteiger charge is -2.28. The SMILES string of the molecule is CCC(CC)(CN)C(=O)Nc1cccc(S(=O)(=O)NC2=NCCC2)c1. The van der Waals surface area contributed by atoms with Crippen molar-refractivity contribution >= 4 is 27.5 Å². The Hall–Kier alpha value is -1.93. The molecule has 25 heavy (non-hydrogen) atoms. The molecule has 0 aromatic heterocycles. The highest BCUT2D eigenvalue weighted by molar-refractivity contribution is 7.90. The van der Waals surface area contributed by atoms with Crippen LogP contribution in [0.3, 0.4) is 0 Å². The van der Waals surface area contributed by atoms with E-state index in [0.717, 1.165) is 6.42 Å². The quantitative estimate of drug-likeness (QED) is 0.683. The number of aliphatic imine (C=N–C) groups is 1. The van der Waals surface area contributed by atoms with Gasteiger partial charge in [-0.25, -0.2) is 8.42 Å². The van der Waals surface area contributed by atoms with E-state index in [1.54, 1.807) is 12.1 Å². The highest BCUT2D eigenvalue weighted by atomic mass is 32.2. The van der Waals surface area contributed by atoms with E-state index in [9.17, 15) is 13.2 Å². The van der Waals surface area contributed by atoms with Gasteiger partial charge in [-0.05, 0) is 37.5 Å². The summed E-state index contributed by atoms with van der Waals surface area (Å²) in [6.07, 6.45) is 2.71. The molecular formula is C17H26N4O3S. The lowest BCUT2D eigenvalue weighted by atomic mass is 9.81. The van der Waals surface area contributed by atoms with Crippen molar-refractivity contribution in [1.29, 1.82) is 0 Å². The first-order valence-corrected chi connectivity index (χ1v) is 10.0. The fourth-order valence-electron chi connectivity index (χ4n) is 2.79. The maximum Gasteiger partial charge on any atom is 0.262 e. The van der Waals surface area contributed by atoms with Crippen LogP contribution in [0.25, 0.3) is 0 Å². The van der Waals surface area contributed by atoms with E-state index in [1.807, 2.05) is 13.8 Å². The van der Waals surface area contributed by atoms with E-state index >= 15 is 0 Å². The summed E-state index contributed by atoms with van der Waals surface area (Å²) in [5, 5.41) is 2.80. The van der Waals surface area contributed by atoms with Gasteiger partial charge >= 0.3 is 0 Å². The zero-order valence-corrected chi connectivity index (χ0v) is 15.5. The van der Waals surface area contributed by atoms with E-state index < -0.39 is 15.4 Å². The lowest BCUT2D eigenvalue weighted by Crippen LogP contribution is -2.41. The number of hydrogen-bond acceptors (Lipinski definition) is 5. The number of carbonyl (C=O) groups is 1. The Morgan fingerprint density at radius 1 is 1.32 bits per heavy atom. The molecule has 0 fully saturated rings. The molecule has 7 nitrogen and oxygen atoms in total. The van der Waals surface area contributed by atoms with E-state index in [4.69, 9.17) is 5.73 Å². The Balaban J connectivity index is 2.19. The molecule has 0 bridgehead atoms. The minimum absolute atomic E-state index is 0.0891. The predicted molar refractivity (Wildman–Crippen MR) is 99.0 cm³/mol. The van der Waals surface area contributed by atoms with Crippen LogP contribution in [0.5, 0.6) is 0 Å². The summed E-state index contributed by atoms with van der Waals surface area (Å²) in [6.45, 7) is 4.72. The number of nitrogens with two attached hydrogens (primary N) is 1. The van der Waals surface area contributed by atoms with Crippen molar-refractivity contribution in [2.75, 3.05) is 18.4 Å². The van der Waals surface area contributed by atoms with Crippen LogP contribution in [0, 0.1) is 5.41 Å². The Morgan fingerprint density at radius 2 is 2.04 bits per heavy atom. The molecule has 0 unspecified atom stereocenters. The largest absolute Gasteiger partial charge is 0.329 e. The predicted octanol–water partition coefficient (Wildman–Crippen LogP) is 1.86. The number of sulfonamides is 1. The Kier molecular flexibility index (Phi) is 6.18. The molecule has 4 N–H and O–H groups in total. The highest BCUT2D eigenvalue weighted by Gasteiger charge is 2.33. The van der Waals surface area contributed by atoms with Crippen molar-refractivity contribution < 1.29 is 13.2 Å². The number of nitrogens with zero attached hydrogens (tertiary/aromatic N) is 1. The van der Waals surface area contributed by atoms with Gasteiger partial charge in [-0.1, -0.05) is 19.9 Å². The number of anilines is 1. The second-order valence-electron chi connectivity index (χ2n) is 6.21. The molecule has 0 saturated carbocycles. The first kappa shape index (κ1) is 19.4. The fourth-order valence-corrected chi connectivity index (χ4v) is 3.93. The van der Waals surface area contributed by atoms with Crippen molar-refractivity contribution in [2.45, 2.75) is 44.4 Å². The topological polar surface area (TPSA) is 114 Å². The number of hydrogen-bond donors (Lipinski definition) is 3. The zero-order valence-electron chi connectivity index (χ0n) is 14.7. The van der Waals surface area contributed by atoms with Gasteiger partial charge in [0.05, 0.1) is 10.3 Å². The molecule has 1 aromatic carbocycles. The summed E-state index contributed by atoms with van der Waals surface area (Å²) < 4.78 is 27.4. The summed E-state index contributed by atoms with van der Waals surface area (Å²) in [7, 11) is -3.71. The van der Waals surface area contributed by atoms with Crippen LogP contribution in [0.4, 0.5) is 5.69 Å². The summed E-state index contributed by atoms with van der Waals surface area (Å²) in [5.74, 6) is 0.288. The monoisotopic (exact) mass is 366 g/mol. The van der Waals surface area contributed by atoms with Gasteiger partial charge in [0.2, 0.25) is 5.91 Å². The summed E-state index contributed by atoms with van der Waals surface area (Å²) in [6, 6.07) is 6.20. The molecule has 0 spiro atoms. The number of benzene rings is 1. The van der Waals surface area contributed by atoms with E-state index in [0.29, 0.717) is 37.3 Å². The highest BCUT2D eigenvalue weighted by Crippen LogP contribution is 2.27. The molecule has 2 rings (SSSR count). The summed E-state index contributed by atoms with van der Waals surface area (Å²) in [5.41, 5.74) is 5.58. The minimum atomic E-state index is -3.71. The van der Waals surface area contributed by atoms with Gasteiger partial charge in [0.25, 0.3) is 10.0 Å². The lowest BCUT2D eigenvalue weighted by molar-refractivity contribution is -0.125. The average Bonchev–Trinajstić information content (AvgIpc) is 3.09. The molecule has 1 aliphatic heterocycles. The molecule has 1 aliphatic rings. The van der Waals surface area contributed by atoms with E-state index in [-0.39, 0.29) is 17.3 Å². The second-order valence-corrected chi connectivity index (χ2v) is 7.89. The van der Waals surface area contributed by atoms with Crippen LogP contribution in [0.15, 0.2) is 34.2 Å². The first-order valence-electron chi connectivity index (χ1n) is 8.54. The van der Waals surface area contributed by atoms with Gasteiger partial charge in [-0.15, -0.1) is 0 Å². The number of amides is 1. The fraction of sp³-hybridized carbons (Fsp3) is 0.529. The number of amidine groups is 1. The van der Waals surface area contributed by atoms with Gasteiger partial charge in [-0.2, -0.15) is 0 Å². The Bertz CT molecular complexity index is 747. The third-order valence-corrected chi connectivity index (χ3v) is 6.13. The third-order valence-electron chi connectivity index (χ3n) is 4.75. The maximum absolute atomic E-state index is 12.6. The Labute approximate surface area is 149 Å². The average molecular weight is 366 g/mol. The second kappa shape index (κ2) is 7.97. The molecule has 0 radical (unpaired) electrons. The number of rotatable bonds is 7. The van der Waals surface area contributed by atoms with Gasteiger partial charge in [0.1, 0.15) is 5.84 Å². The van der Waals surface area contributed by atoms with Crippen molar-refractivity contribution in [2.24, 2.45) is 16.1 Å². The van der Waals surface area contributed by atoms with E-state index in [2.05, 4.69) is 15.0 Å². The van der Waals surface area contributed by atoms with E-state index in [1.165, 1.54) is 12.1 Å². The maximum atomic E-state index is 12.6. The van der Waals surface area contributed by atoms with Crippen LogP contribution in [0.1, 0.15) is 39.5 Å². The molecule has 1 heterocycles. The zero-order chi connectivity index (χ0) is 18.5. The van der Waals surface area contributed by atoms with Crippen LogP contribution >= 0.6 is 0 Å². The molecular weight excluding hydrogens is 340 g/mol. The Morgan fingerprint density at radius 3 is 2.60 bits per heavy atom. The van der Waals surface area contributed by atoms with Crippen molar-refractivity contribution in [3.63, 3.8) is 0 Å². The normalized spacial score (nSPS) is 14.9. The molecule has 0 aliphatic carbocycles. The van der Waals surface area contributed by atoms with Crippen molar-refractivity contribution in [3.8, 4) is 0 Å². The molecule has 0 atom stereocenters.